The number of hydrogen-bond acceptors (Lipinski definition) is 7. The highest BCUT2D eigenvalue weighted by Crippen LogP contribution is 2.34. The zero-order valence-electron chi connectivity index (χ0n) is 13.6. The minimum atomic E-state index is -0.512. The number of rotatable bonds is 4. The number of aromatic nitrogens is 1. The molecule has 2 aromatic heterocycles. The third-order valence-corrected chi connectivity index (χ3v) is 3.78. The van der Waals surface area contributed by atoms with E-state index in [2.05, 4.69) is 14.9 Å². The van der Waals surface area contributed by atoms with Gasteiger partial charge < -0.3 is 23.7 Å². The van der Waals surface area contributed by atoms with Crippen molar-refractivity contribution >= 4 is 5.91 Å². The molecule has 3 heterocycles. The Morgan fingerprint density at radius 3 is 2.73 bits per heavy atom. The third-order valence-electron chi connectivity index (χ3n) is 3.78. The average molecular weight is 354 g/mol. The van der Waals surface area contributed by atoms with Crippen LogP contribution in [-0.2, 0) is 6.54 Å². The molecular weight excluding hydrogens is 340 g/mol. The summed E-state index contributed by atoms with van der Waals surface area (Å²) in [5, 5.41) is 6.63. The molecule has 1 N–H and O–H groups in total. The van der Waals surface area contributed by atoms with Crippen LogP contribution in [0.4, 0.5) is 0 Å². The van der Waals surface area contributed by atoms with Gasteiger partial charge in [0.05, 0.1) is 12.1 Å². The Hall–Kier alpha value is -3.55. The molecule has 0 saturated carbocycles. The molecule has 1 amide bonds. The number of carbonyl (C=O) groups is 1. The first-order valence-electron chi connectivity index (χ1n) is 7.92. The van der Waals surface area contributed by atoms with Crippen molar-refractivity contribution in [1.82, 2.24) is 10.5 Å². The van der Waals surface area contributed by atoms with Crippen LogP contribution in [0.5, 0.6) is 11.5 Å². The Morgan fingerprint density at radius 2 is 1.92 bits per heavy atom. The summed E-state index contributed by atoms with van der Waals surface area (Å²) in [6.45, 7) is 1.21. The molecular formula is C18H14N2O6. The second kappa shape index (κ2) is 6.75. The van der Waals surface area contributed by atoms with E-state index < -0.39 is 5.63 Å². The van der Waals surface area contributed by atoms with Gasteiger partial charge in [0, 0.05) is 17.7 Å². The fraction of sp³-hybridized carbons (Fsp3) is 0.167. The molecule has 132 valence electrons. The van der Waals surface area contributed by atoms with E-state index in [-0.39, 0.29) is 18.0 Å². The fourth-order valence-corrected chi connectivity index (χ4v) is 2.49. The summed E-state index contributed by atoms with van der Waals surface area (Å²) < 4.78 is 21.0. The van der Waals surface area contributed by atoms with Crippen molar-refractivity contribution in [2.24, 2.45) is 0 Å². The van der Waals surface area contributed by atoms with E-state index in [9.17, 15) is 9.59 Å². The van der Waals surface area contributed by atoms with Gasteiger partial charge in [-0.1, -0.05) is 5.16 Å². The predicted molar refractivity (Wildman–Crippen MR) is 89.1 cm³/mol. The van der Waals surface area contributed by atoms with E-state index in [1.54, 1.807) is 6.07 Å². The summed E-state index contributed by atoms with van der Waals surface area (Å²) in [7, 11) is 0. The van der Waals surface area contributed by atoms with Crippen LogP contribution in [0.15, 0.2) is 56.4 Å². The second-order valence-electron chi connectivity index (χ2n) is 5.57. The molecule has 1 aromatic carbocycles. The fourth-order valence-electron chi connectivity index (χ4n) is 2.49. The van der Waals surface area contributed by atoms with E-state index in [0.717, 1.165) is 11.8 Å². The molecule has 4 rings (SSSR count). The van der Waals surface area contributed by atoms with Gasteiger partial charge in [-0.25, -0.2) is 4.79 Å². The quantitative estimate of drug-likeness (QED) is 0.764. The average Bonchev–Trinajstić information content (AvgIpc) is 3.15. The summed E-state index contributed by atoms with van der Waals surface area (Å²) in [6, 6.07) is 9.80. The number of nitrogens with one attached hydrogen (secondary N) is 1. The molecule has 0 saturated heterocycles. The lowest BCUT2D eigenvalue weighted by Gasteiger charge is -2.18. The van der Waals surface area contributed by atoms with Crippen LogP contribution in [0.25, 0.3) is 11.3 Å². The van der Waals surface area contributed by atoms with Gasteiger partial charge in [0.2, 0.25) is 0 Å². The van der Waals surface area contributed by atoms with E-state index in [4.69, 9.17) is 14.0 Å². The second-order valence-corrected chi connectivity index (χ2v) is 5.57. The van der Waals surface area contributed by atoms with Crippen molar-refractivity contribution in [2.45, 2.75) is 6.54 Å². The predicted octanol–water partition coefficient (Wildman–Crippen LogP) is 2.00. The van der Waals surface area contributed by atoms with Crippen LogP contribution in [-0.4, -0.2) is 24.3 Å². The van der Waals surface area contributed by atoms with E-state index >= 15 is 0 Å². The molecule has 0 bridgehead atoms. The van der Waals surface area contributed by atoms with Gasteiger partial charge in [0.1, 0.15) is 25.2 Å². The van der Waals surface area contributed by atoms with Crippen LogP contribution in [0.1, 0.15) is 16.1 Å². The molecule has 3 aromatic rings. The van der Waals surface area contributed by atoms with Gasteiger partial charge >= 0.3 is 5.63 Å². The Kier molecular flexibility index (Phi) is 4.14. The Labute approximate surface area is 147 Å². The molecule has 0 radical (unpaired) electrons. The maximum atomic E-state index is 12.0. The van der Waals surface area contributed by atoms with Crippen LogP contribution in [0, 0.1) is 0 Å². The van der Waals surface area contributed by atoms with E-state index in [1.165, 1.54) is 12.1 Å². The first-order valence-corrected chi connectivity index (χ1v) is 7.92. The molecule has 26 heavy (non-hydrogen) atoms. The van der Waals surface area contributed by atoms with Crippen LogP contribution in [0.3, 0.4) is 0 Å². The summed E-state index contributed by atoms with van der Waals surface area (Å²) in [4.78, 5) is 22.9. The van der Waals surface area contributed by atoms with Crippen molar-refractivity contribution < 1.29 is 23.2 Å². The third kappa shape index (κ3) is 3.30. The van der Waals surface area contributed by atoms with Crippen molar-refractivity contribution in [1.29, 1.82) is 0 Å². The number of nitrogens with zero attached hydrogens (tertiary/aromatic N) is 1. The van der Waals surface area contributed by atoms with Gasteiger partial charge in [-0.05, 0) is 24.3 Å². The molecule has 1 aliphatic rings. The maximum Gasteiger partial charge on any atom is 0.335 e. The van der Waals surface area contributed by atoms with Crippen molar-refractivity contribution in [2.75, 3.05) is 13.2 Å². The van der Waals surface area contributed by atoms with E-state index in [0.29, 0.717) is 36.2 Å². The van der Waals surface area contributed by atoms with Crippen molar-refractivity contribution in [3.05, 3.63) is 64.3 Å². The van der Waals surface area contributed by atoms with Gasteiger partial charge in [-0.2, -0.15) is 0 Å². The van der Waals surface area contributed by atoms with E-state index in [1.807, 2.05) is 18.2 Å². The normalized spacial score (nSPS) is 12.6. The standard InChI is InChI=1S/C18H14N2O6/c21-17-4-2-12(10-25-17)18(22)19-9-13-8-15(26-20-13)11-1-3-14-16(7-11)24-6-5-23-14/h1-4,7-8,10H,5-6,9H2,(H,19,22). The highest BCUT2D eigenvalue weighted by Gasteiger charge is 2.15. The minimum absolute atomic E-state index is 0.173. The first-order chi connectivity index (χ1) is 12.7. The molecule has 0 fully saturated rings. The van der Waals surface area contributed by atoms with Gasteiger partial charge in [-0.15, -0.1) is 0 Å². The zero-order chi connectivity index (χ0) is 17.9. The summed E-state index contributed by atoms with van der Waals surface area (Å²) in [6.07, 6.45) is 1.11. The summed E-state index contributed by atoms with van der Waals surface area (Å²) >= 11 is 0. The SMILES string of the molecule is O=C(NCc1cc(-c2ccc3c(c2)OCCO3)on1)c1ccc(=O)oc1. The van der Waals surface area contributed by atoms with Crippen LogP contribution >= 0.6 is 0 Å². The lowest BCUT2D eigenvalue weighted by molar-refractivity contribution is 0.0947. The molecule has 0 spiro atoms. The highest BCUT2D eigenvalue weighted by molar-refractivity contribution is 5.93. The first kappa shape index (κ1) is 15.9. The van der Waals surface area contributed by atoms with Crippen LogP contribution in [0.2, 0.25) is 0 Å². The minimum Gasteiger partial charge on any atom is -0.486 e. The number of amides is 1. The van der Waals surface area contributed by atoms with Gasteiger partial charge in [0.25, 0.3) is 5.91 Å². The summed E-state index contributed by atoms with van der Waals surface area (Å²) in [5.74, 6) is 1.53. The Morgan fingerprint density at radius 1 is 1.08 bits per heavy atom. The van der Waals surface area contributed by atoms with Crippen LogP contribution < -0.4 is 20.4 Å². The highest BCUT2D eigenvalue weighted by atomic mass is 16.6. The topological polar surface area (TPSA) is 104 Å². The zero-order valence-corrected chi connectivity index (χ0v) is 13.6. The number of ether oxygens (including phenoxy) is 2. The molecule has 8 nitrogen and oxygen atoms in total. The number of hydrogen-bond donors (Lipinski definition) is 1. The van der Waals surface area contributed by atoms with Gasteiger partial charge in [0.15, 0.2) is 17.3 Å². The summed E-state index contributed by atoms with van der Waals surface area (Å²) in [5.41, 5.74) is 1.09. The molecule has 0 atom stereocenters. The van der Waals surface area contributed by atoms with Gasteiger partial charge in [-0.3, -0.25) is 4.79 Å². The molecule has 1 aliphatic heterocycles. The number of benzene rings is 1. The number of fused-ring (bicyclic) bond motifs is 1. The molecule has 0 unspecified atom stereocenters. The van der Waals surface area contributed by atoms with Crippen molar-refractivity contribution in [3.63, 3.8) is 0 Å². The number of carbonyl (C=O) groups excluding carboxylic acids is 1. The Bertz CT molecular complexity index is 986. The molecule has 8 heteroatoms. The van der Waals surface area contributed by atoms with Crippen molar-refractivity contribution in [3.8, 4) is 22.8 Å². The lowest BCUT2D eigenvalue weighted by atomic mass is 10.1. The smallest absolute Gasteiger partial charge is 0.335 e. The maximum absolute atomic E-state index is 12.0. The monoisotopic (exact) mass is 354 g/mol. The largest absolute Gasteiger partial charge is 0.486 e. The Balaban J connectivity index is 1.44. The lowest BCUT2D eigenvalue weighted by Crippen LogP contribution is -2.23. The molecule has 0 aliphatic carbocycles.